The maximum absolute atomic E-state index is 12.1. The molecule has 0 bridgehead atoms. The number of amides is 2. The highest BCUT2D eigenvalue weighted by Gasteiger charge is 2.43. The third-order valence-corrected chi connectivity index (χ3v) is 1.74. The second-order valence-electron chi connectivity index (χ2n) is 2.69. The first-order chi connectivity index (χ1) is 5.91. The second kappa shape index (κ2) is 3.41. The molecule has 0 aromatic heterocycles. The van der Waals surface area contributed by atoms with Gasteiger partial charge in [0, 0.05) is 6.54 Å². The maximum atomic E-state index is 12.1. The number of carbonyl (C=O) groups is 1. The van der Waals surface area contributed by atoms with Crippen molar-refractivity contribution in [2.75, 3.05) is 19.7 Å². The Morgan fingerprint density at radius 3 is 2.62 bits per heavy atom. The topological polar surface area (TPSA) is 55.6 Å². The van der Waals surface area contributed by atoms with Crippen LogP contribution in [-0.4, -0.2) is 42.9 Å². The lowest BCUT2D eigenvalue weighted by molar-refractivity contribution is -0.233. The van der Waals surface area contributed by atoms with Crippen LogP contribution in [0.3, 0.4) is 0 Å². The highest BCUT2D eigenvalue weighted by atomic mass is 19.4. The molecule has 1 heterocycles. The molecule has 0 saturated carbocycles. The van der Waals surface area contributed by atoms with Crippen LogP contribution in [0.2, 0.25) is 0 Å². The fourth-order valence-electron chi connectivity index (χ4n) is 1.05. The van der Waals surface area contributed by atoms with Crippen molar-refractivity contribution in [3.05, 3.63) is 0 Å². The summed E-state index contributed by atoms with van der Waals surface area (Å²) in [6, 6.07) is -0.849. The summed E-state index contributed by atoms with van der Waals surface area (Å²) in [6.45, 7) is -0.534. The molecule has 1 unspecified atom stereocenters. The quantitative estimate of drug-likeness (QED) is 0.609. The molecular formula is C6H9F3N2O2. The minimum atomic E-state index is -4.44. The van der Waals surface area contributed by atoms with Gasteiger partial charge >= 0.3 is 12.2 Å². The fraction of sp³-hybridized carbons (Fsp3) is 0.833. The Balaban J connectivity index is 2.57. The van der Waals surface area contributed by atoms with Crippen LogP contribution < -0.4 is 5.73 Å². The largest absolute Gasteiger partial charge is 0.416 e. The van der Waals surface area contributed by atoms with Crippen molar-refractivity contribution in [2.45, 2.75) is 12.3 Å². The van der Waals surface area contributed by atoms with E-state index in [0.717, 1.165) is 4.90 Å². The second-order valence-corrected chi connectivity index (χ2v) is 2.69. The van der Waals surface area contributed by atoms with Crippen LogP contribution in [-0.2, 0) is 4.74 Å². The predicted octanol–water partition coefficient (Wildman–Crippen LogP) is 0.328. The SMILES string of the molecule is NC(=O)N1CCOC(C(F)(F)F)C1. The van der Waals surface area contributed by atoms with E-state index in [-0.39, 0.29) is 13.2 Å². The summed E-state index contributed by atoms with van der Waals surface area (Å²) >= 11 is 0. The van der Waals surface area contributed by atoms with Gasteiger partial charge in [-0.1, -0.05) is 0 Å². The predicted molar refractivity (Wildman–Crippen MR) is 37.0 cm³/mol. The average molecular weight is 198 g/mol. The number of rotatable bonds is 0. The van der Waals surface area contributed by atoms with E-state index in [1.807, 2.05) is 0 Å². The van der Waals surface area contributed by atoms with Gasteiger partial charge in [0.15, 0.2) is 6.10 Å². The third-order valence-electron chi connectivity index (χ3n) is 1.74. The number of hydrogen-bond donors (Lipinski definition) is 1. The molecule has 1 fully saturated rings. The first-order valence-corrected chi connectivity index (χ1v) is 3.64. The van der Waals surface area contributed by atoms with Gasteiger partial charge in [-0.3, -0.25) is 0 Å². The summed E-state index contributed by atoms with van der Waals surface area (Å²) in [5, 5.41) is 0. The molecule has 1 aliphatic heterocycles. The van der Waals surface area contributed by atoms with Crippen LogP contribution in [0.1, 0.15) is 0 Å². The number of halogens is 3. The van der Waals surface area contributed by atoms with E-state index in [4.69, 9.17) is 5.73 Å². The summed E-state index contributed by atoms with van der Waals surface area (Å²) in [5.41, 5.74) is 4.84. The van der Waals surface area contributed by atoms with Gasteiger partial charge in [-0.05, 0) is 0 Å². The van der Waals surface area contributed by atoms with E-state index >= 15 is 0 Å². The fourth-order valence-corrected chi connectivity index (χ4v) is 1.05. The van der Waals surface area contributed by atoms with Crippen molar-refractivity contribution in [1.29, 1.82) is 0 Å². The van der Waals surface area contributed by atoms with Gasteiger partial charge in [-0.2, -0.15) is 13.2 Å². The van der Waals surface area contributed by atoms with Crippen LogP contribution in [0.15, 0.2) is 0 Å². The van der Waals surface area contributed by atoms with Gasteiger partial charge in [0.1, 0.15) is 0 Å². The Morgan fingerprint density at radius 1 is 1.54 bits per heavy atom. The minimum Gasteiger partial charge on any atom is -0.365 e. The van der Waals surface area contributed by atoms with Gasteiger partial charge in [0.05, 0.1) is 13.2 Å². The number of alkyl halides is 3. The molecule has 0 spiro atoms. The van der Waals surface area contributed by atoms with Crippen LogP contribution >= 0.6 is 0 Å². The van der Waals surface area contributed by atoms with E-state index in [1.54, 1.807) is 0 Å². The van der Waals surface area contributed by atoms with Crippen LogP contribution in [0.5, 0.6) is 0 Å². The van der Waals surface area contributed by atoms with Crippen LogP contribution in [0.4, 0.5) is 18.0 Å². The molecule has 13 heavy (non-hydrogen) atoms. The molecule has 0 aromatic rings. The monoisotopic (exact) mass is 198 g/mol. The van der Waals surface area contributed by atoms with Crippen LogP contribution in [0, 0.1) is 0 Å². The molecule has 1 aliphatic rings. The molecule has 4 nitrogen and oxygen atoms in total. The molecule has 2 amide bonds. The smallest absolute Gasteiger partial charge is 0.365 e. The van der Waals surface area contributed by atoms with E-state index in [1.165, 1.54) is 0 Å². The Labute approximate surface area is 72.4 Å². The zero-order chi connectivity index (χ0) is 10.1. The number of carbonyl (C=O) groups excluding carboxylic acids is 1. The normalized spacial score (nSPS) is 24.5. The Kier molecular flexibility index (Phi) is 2.65. The number of hydrogen-bond acceptors (Lipinski definition) is 2. The molecule has 1 rings (SSSR count). The molecule has 76 valence electrons. The van der Waals surface area contributed by atoms with E-state index in [2.05, 4.69) is 4.74 Å². The molecule has 2 N–H and O–H groups in total. The maximum Gasteiger partial charge on any atom is 0.416 e. The Hall–Kier alpha value is -0.980. The van der Waals surface area contributed by atoms with E-state index in [0.29, 0.717) is 0 Å². The highest BCUT2D eigenvalue weighted by molar-refractivity contribution is 5.72. The lowest BCUT2D eigenvalue weighted by Crippen LogP contribution is -2.52. The number of morpholine rings is 1. The molecule has 0 radical (unpaired) electrons. The van der Waals surface area contributed by atoms with Crippen LogP contribution in [0.25, 0.3) is 0 Å². The van der Waals surface area contributed by atoms with Crippen molar-refractivity contribution in [3.8, 4) is 0 Å². The Morgan fingerprint density at radius 2 is 2.15 bits per heavy atom. The number of nitrogens with zero attached hydrogens (tertiary/aromatic N) is 1. The molecule has 7 heteroatoms. The van der Waals surface area contributed by atoms with Crippen molar-refractivity contribution < 1.29 is 22.7 Å². The first-order valence-electron chi connectivity index (χ1n) is 3.64. The van der Waals surface area contributed by atoms with Crippen molar-refractivity contribution >= 4 is 6.03 Å². The molecular weight excluding hydrogens is 189 g/mol. The summed E-state index contributed by atoms with van der Waals surface area (Å²) < 4.78 is 40.7. The summed E-state index contributed by atoms with van der Waals surface area (Å²) in [7, 11) is 0. The molecule has 1 saturated heterocycles. The third kappa shape index (κ3) is 2.48. The van der Waals surface area contributed by atoms with Gasteiger partial charge in [0.25, 0.3) is 0 Å². The zero-order valence-corrected chi connectivity index (χ0v) is 6.67. The first kappa shape index (κ1) is 10.1. The lowest BCUT2D eigenvalue weighted by atomic mass is 10.3. The van der Waals surface area contributed by atoms with Gasteiger partial charge < -0.3 is 15.4 Å². The van der Waals surface area contributed by atoms with Crippen molar-refractivity contribution in [2.24, 2.45) is 5.73 Å². The number of ether oxygens (including phenoxy) is 1. The summed E-state index contributed by atoms with van der Waals surface area (Å²) in [4.78, 5) is 11.5. The van der Waals surface area contributed by atoms with Gasteiger partial charge in [0.2, 0.25) is 0 Å². The lowest BCUT2D eigenvalue weighted by Gasteiger charge is -2.32. The Bertz CT molecular complexity index is 207. The summed E-state index contributed by atoms with van der Waals surface area (Å²) in [6.07, 6.45) is -6.34. The average Bonchev–Trinajstić information content (AvgIpc) is 2.03. The van der Waals surface area contributed by atoms with Gasteiger partial charge in [-0.15, -0.1) is 0 Å². The zero-order valence-electron chi connectivity index (χ0n) is 6.67. The van der Waals surface area contributed by atoms with Crippen molar-refractivity contribution in [3.63, 3.8) is 0 Å². The number of urea groups is 1. The van der Waals surface area contributed by atoms with Gasteiger partial charge in [-0.25, -0.2) is 4.79 Å². The standard InChI is InChI=1S/C6H9F3N2O2/c7-6(8,9)4-3-11(5(10)12)1-2-13-4/h4H,1-3H2,(H2,10,12). The van der Waals surface area contributed by atoms with Crippen molar-refractivity contribution in [1.82, 2.24) is 4.90 Å². The number of nitrogens with two attached hydrogens (primary N) is 1. The molecule has 1 atom stereocenters. The molecule has 0 aromatic carbocycles. The molecule has 0 aliphatic carbocycles. The number of primary amides is 1. The van der Waals surface area contributed by atoms with E-state index in [9.17, 15) is 18.0 Å². The van der Waals surface area contributed by atoms with E-state index < -0.39 is 24.9 Å². The summed E-state index contributed by atoms with van der Waals surface area (Å²) in [5.74, 6) is 0. The highest BCUT2D eigenvalue weighted by Crippen LogP contribution is 2.25. The minimum absolute atomic E-state index is 0.113.